The first-order valence-electron chi connectivity index (χ1n) is 8.14. The third-order valence-electron chi connectivity index (χ3n) is 4.03. The number of anilines is 1. The molecule has 1 atom stereocenters. The van der Waals surface area contributed by atoms with E-state index in [1.54, 1.807) is 11.3 Å². The standard InChI is InChI=1S/C18H22N2O2S/c1-3-22-14-7-5-13(6-8-14)11-17(21)20-18-19-15-9-4-12(2)10-16(15)23-18/h5-8,12H,3-4,9-11H2,1-2H3,(H,19,20,21)/t12-/m1/s1. The molecule has 1 aliphatic carbocycles. The minimum Gasteiger partial charge on any atom is -0.494 e. The van der Waals surface area contributed by atoms with Crippen LogP contribution in [0.5, 0.6) is 5.75 Å². The smallest absolute Gasteiger partial charge is 0.230 e. The average Bonchev–Trinajstić information content (AvgIpc) is 2.90. The van der Waals surface area contributed by atoms with Crippen LogP contribution < -0.4 is 10.1 Å². The van der Waals surface area contributed by atoms with Crippen LogP contribution >= 0.6 is 11.3 Å². The van der Waals surface area contributed by atoms with E-state index in [4.69, 9.17) is 4.74 Å². The number of hydrogen-bond acceptors (Lipinski definition) is 4. The van der Waals surface area contributed by atoms with Gasteiger partial charge in [0.05, 0.1) is 18.7 Å². The van der Waals surface area contributed by atoms with E-state index in [9.17, 15) is 4.79 Å². The van der Waals surface area contributed by atoms with Gasteiger partial charge in [0.15, 0.2) is 5.13 Å². The number of nitrogens with zero attached hydrogens (tertiary/aromatic N) is 1. The Morgan fingerprint density at radius 1 is 1.39 bits per heavy atom. The Bertz CT molecular complexity index is 679. The Morgan fingerprint density at radius 3 is 2.91 bits per heavy atom. The number of ether oxygens (including phenoxy) is 1. The highest BCUT2D eigenvalue weighted by molar-refractivity contribution is 7.15. The fourth-order valence-electron chi connectivity index (χ4n) is 2.81. The second-order valence-electron chi connectivity index (χ2n) is 6.04. The van der Waals surface area contributed by atoms with Crippen LogP contribution in [0.15, 0.2) is 24.3 Å². The zero-order valence-corrected chi connectivity index (χ0v) is 14.4. The monoisotopic (exact) mass is 330 g/mol. The molecule has 122 valence electrons. The summed E-state index contributed by atoms with van der Waals surface area (Å²) < 4.78 is 5.41. The van der Waals surface area contributed by atoms with Crippen molar-refractivity contribution in [3.8, 4) is 5.75 Å². The number of hydrogen-bond donors (Lipinski definition) is 1. The van der Waals surface area contributed by atoms with Crippen LogP contribution in [0.2, 0.25) is 0 Å². The highest BCUT2D eigenvalue weighted by Gasteiger charge is 2.20. The molecule has 0 spiro atoms. The quantitative estimate of drug-likeness (QED) is 0.906. The number of fused-ring (bicyclic) bond motifs is 1. The predicted octanol–water partition coefficient (Wildman–Crippen LogP) is 3.85. The van der Waals surface area contributed by atoms with Gasteiger partial charge in [0, 0.05) is 4.88 Å². The Balaban J connectivity index is 1.59. The van der Waals surface area contributed by atoms with Gasteiger partial charge in [0.25, 0.3) is 0 Å². The SMILES string of the molecule is CCOc1ccc(CC(=O)Nc2nc3c(s2)C[C@H](C)CC3)cc1. The van der Waals surface area contributed by atoms with E-state index < -0.39 is 0 Å². The van der Waals surface area contributed by atoms with Gasteiger partial charge < -0.3 is 10.1 Å². The first-order chi connectivity index (χ1) is 11.1. The average molecular weight is 330 g/mol. The Kier molecular flexibility index (Phi) is 4.96. The molecule has 0 saturated carbocycles. The van der Waals surface area contributed by atoms with Gasteiger partial charge in [0.2, 0.25) is 5.91 Å². The van der Waals surface area contributed by atoms with Gasteiger partial charge in [-0.1, -0.05) is 19.1 Å². The molecule has 4 nitrogen and oxygen atoms in total. The second kappa shape index (κ2) is 7.13. The first kappa shape index (κ1) is 16.0. The summed E-state index contributed by atoms with van der Waals surface area (Å²) >= 11 is 1.62. The van der Waals surface area contributed by atoms with Crippen molar-refractivity contribution in [2.45, 2.75) is 39.5 Å². The third-order valence-corrected chi connectivity index (χ3v) is 5.07. The van der Waals surface area contributed by atoms with E-state index in [-0.39, 0.29) is 5.91 Å². The molecule has 0 aliphatic heterocycles. The van der Waals surface area contributed by atoms with Gasteiger partial charge in [0.1, 0.15) is 5.75 Å². The molecule has 1 aromatic carbocycles. The summed E-state index contributed by atoms with van der Waals surface area (Å²) in [4.78, 5) is 18.1. The van der Waals surface area contributed by atoms with Gasteiger partial charge in [-0.3, -0.25) is 4.79 Å². The molecule has 0 fully saturated rings. The fraction of sp³-hybridized carbons (Fsp3) is 0.444. The Hall–Kier alpha value is -1.88. The van der Waals surface area contributed by atoms with E-state index in [1.807, 2.05) is 31.2 Å². The number of nitrogens with one attached hydrogen (secondary N) is 1. The minimum absolute atomic E-state index is 0.0201. The molecular weight excluding hydrogens is 308 g/mol. The maximum absolute atomic E-state index is 12.2. The van der Waals surface area contributed by atoms with E-state index in [0.717, 1.165) is 35.2 Å². The van der Waals surface area contributed by atoms with Crippen LogP contribution in [-0.4, -0.2) is 17.5 Å². The number of amides is 1. The lowest BCUT2D eigenvalue weighted by molar-refractivity contribution is -0.115. The summed E-state index contributed by atoms with van der Waals surface area (Å²) in [7, 11) is 0. The molecule has 23 heavy (non-hydrogen) atoms. The van der Waals surface area contributed by atoms with Crippen molar-refractivity contribution in [3.05, 3.63) is 40.4 Å². The van der Waals surface area contributed by atoms with Gasteiger partial charge in [-0.25, -0.2) is 4.98 Å². The van der Waals surface area contributed by atoms with Crippen LogP contribution in [0.3, 0.4) is 0 Å². The number of aromatic nitrogens is 1. The Morgan fingerprint density at radius 2 is 2.17 bits per heavy atom. The normalized spacial score (nSPS) is 16.7. The lowest BCUT2D eigenvalue weighted by Crippen LogP contribution is -2.14. The van der Waals surface area contributed by atoms with Crippen molar-refractivity contribution >= 4 is 22.4 Å². The summed E-state index contributed by atoms with van der Waals surface area (Å²) in [5.74, 6) is 1.53. The zero-order valence-electron chi connectivity index (χ0n) is 13.6. The highest BCUT2D eigenvalue weighted by atomic mass is 32.1. The van der Waals surface area contributed by atoms with Gasteiger partial charge in [-0.2, -0.15) is 0 Å². The van der Waals surface area contributed by atoms with Crippen molar-refractivity contribution in [3.63, 3.8) is 0 Å². The molecule has 0 saturated heterocycles. The van der Waals surface area contributed by atoms with Crippen LogP contribution in [0.25, 0.3) is 0 Å². The van der Waals surface area contributed by atoms with Crippen molar-refractivity contribution in [2.75, 3.05) is 11.9 Å². The molecule has 0 radical (unpaired) electrons. The van der Waals surface area contributed by atoms with Crippen LogP contribution in [0.1, 0.15) is 36.4 Å². The number of carbonyl (C=O) groups is 1. The fourth-order valence-corrected chi connectivity index (χ4v) is 4.00. The highest BCUT2D eigenvalue weighted by Crippen LogP contribution is 2.32. The number of thiazole rings is 1. The predicted molar refractivity (Wildman–Crippen MR) is 93.2 cm³/mol. The lowest BCUT2D eigenvalue weighted by Gasteiger charge is -2.15. The number of aryl methyl sites for hydroxylation is 1. The van der Waals surface area contributed by atoms with Gasteiger partial charge in [-0.15, -0.1) is 11.3 Å². The second-order valence-corrected chi connectivity index (χ2v) is 7.12. The van der Waals surface area contributed by atoms with Gasteiger partial charge >= 0.3 is 0 Å². The molecule has 5 heteroatoms. The minimum atomic E-state index is -0.0201. The van der Waals surface area contributed by atoms with E-state index in [1.165, 1.54) is 17.0 Å². The summed E-state index contributed by atoms with van der Waals surface area (Å²) in [6.07, 6.45) is 3.66. The number of rotatable bonds is 5. The largest absolute Gasteiger partial charge is 0.494 e. The maximum Gasteiger partial charge on any atom is 0.230 e. The lowest BCUT2D eigenvalue weighted by atomic mass is 9.93. The van der Waals surface area contributed by atoms with Gasteiger partial charge in [-0.05, 0) is 49.8 Å². The van der Waals surface area contributed by atoms with Crippen molar-refractivity contribution < 1.29 is 9.53 Å². The molecule has 1 aromatic heterocycles. The number of benzene rings is 1. The summed E-state index contributed by atoms with van der Waals surface area (Å²) in [5.41, 5.74) is 2.14. The molecular formula is C18H22N2O2S. The van der Waals surface area contributed by atoms with E-state index in [0.29, 0.717) is 13.0 Å². The molecule has 2 aromatic rings. The number of carbonyl (C=O) groups excluding carboxylic acids is 1. The summed E-state index contributed by atoms with van der Waals surface area (Å²) in [6, 6.07) is 7.66. The van der Waals surface area contributed by atoms with Crippen LogP contribution in [0, 0.1) is 5.92 Å². The topological polar surface area (TPSA) is 51.2 Å². The first-order valence-corrected chi connectivity index (χ1v) is 8.96. The summed E-state index contributed by atoms with van der Waals surface area (Å²) in [5, 5.41) is 3.68. The molecule has 0 unspecified atom stereocenters. The van der Waals surface area contributed by atoms with Crippen LogP contribution in [0.4, 0.5) is 5.13 Å². The molecule has 1 aliphatic rings. The maximum atomic E-state index is 12.2. The Labute approximate surface area is 140 Å². The molecule has 1 heterocycles. The summed E-state index contributed by atoms with van der Waals surface area (Å²) in [6.45, 7) is 4.87. The van der Waals surface area contributed by atoms with E-state index >= 15 is 0 Å². The van der Waals surface area contributed by atoms with Crippen LogP contribution in [-0.2, 0) is 24.1 Å². The molecule has 1 N–H and O–H groups in total. The molecule has 0 bridgehead atoms. The van der Waals surface area contributed by atoms with E-state index in [2.05, 4.69) is 17.2 Å². The molecule has 1 amide bonds. The third kappa shape index (κ3) is 4.10. The zero-order chi connectivity index (χ0) is 16.2. The van der Waals surface area contributed by atoms with Crippen molar-refractivity contribution in [1.82, 2.24) is 4.98 Å². The molecule has 3 rings (SSSR count). The van der Waals surface area contributed by atoms with Crippen molar-refractivity contribution in [2.24, 2.45) is 5.92 Å². The van der Waals surface area contributed by atoms with Crippen molar-refractivity contribution in [1.29, 1.82) is 0 Å².